The maximum atomic E-state index is 9.81. The first-order valence-electron chi connectivity index (χ1n) is 13.3. The minimum Gasteiger partial charge on any atom is -0.390 e. The molecule has 188 valence electrons. The predicted octanol–water partition coefficient (Wildman–Crippen LogP) is 5.61. The van der Waals surface area contributed by atoms with Crippen molar-refractivity contribution >= 4 is 0 Å². The lowest BCUT2D eigenvalue weighted by atomic mass is 10.0. The minimum atomic E-state index is -0.532. The molecule has 0 spiro atoms. The highest BCUT2D eigenvalue weighted by molar-refractivity contribution is 4.52. The maximum Gasteiger partial charge on any atom is 0.135 e. The van der Waals surface area contributed by atoms with Gasteiger partial charge in [-0.05, 0) is 26.2 Å². The summed E-state index contributed by atoms with van der Waals surface area (Å²) in [5.74, 6) is 0.858. The van der Waals surface area contributed by atoms with Crippen molar-refractivity contribution in [2.24, 2.45) is 5.92 Å². The van der Waals surface area contributed by atoms with E-state index in [-0.39, 0.29) is 11.3 Å². The van der Waals surface area contributed by atoms with Crippen LogP contribution in [0.1, 0.15) is 118 Å². The van der Waals surface area contributed by atoms with Gasteiger partial charge in [0.15, 0.2) is 0 Å². The molecule has 0 aromatic rings. The van der Waals surface area contributed by atoms with Gasteiger partial charge in [-0.3, -0.25) is 0 Å². The highest BCUT2D eigenvalue weighted by Crippen LogP contribution is 2.16. The molecular weight excluding hydrogens is 390 g/mol. The number of hydrogen-bond donors (Lipinski definition) is 3. The fourth-order valence-electron chi connectivity index (χ4n) is 4.43. The van der Waals surface area contributed by atoms with E-state index in [2.05, 4.69) is 13.8 Å². The first-order valence-corrected chi connectivity index (χ1v) is 13.3. The Morgan fingerprint density at radius 2 is 1.00 bits per heavy atom. The number of hydrogen-bond acceptors (Lipinski definition) is 4. The number of aliphatic hydroxyl groups excluding tert-OH is 3. The quantitative estimate of drug-likeness (QED) is 0.108. The number of unbranched alkanes of at least 4 members (excludes halogenated alkanes) is 12. The third-order valence-corrected chi connectivity index (χ3v) is 5.99. The van der Waals surface area contributed by atoms with E-state index in [4.69, 9.17) is 4.84 Å². The predicted molar refractivity (Wildman–Crippen MR) is 131 cm³/mol. The van der Waals surface area contributed by atoms with Gasteiger partial charge in [0.05, 0.1) is 6.61 Å². The monoisotopic (exact) mass is 446 g/mol. The zero-order valence-corrected chi connectivity index (χ0v) is 21.4. The van der Waals surface area contributed by atoms with Gasteiger partial charge in [-0.2, -0.15) is 4.65 Å². The molecule has 0 aliphatic rings. The van der Waals surface area contributed by atoms with Gasteiger partial charge in [0, 0.05) is 0 Å². The van der Waals surface area contributed by atoms with Crippen LogP contribution in [0.5, 0.6) is 0 Å². The first-order chi connectivity index (χ1) is 14.8. The second kappa shape index (κ2) is 20.4. The van der Waals surface area contributed by atoms with Crippen molar-refractivity contribution in [3.8, 4) is 0 Å². The average molecular weight is 447 g/mol. The van der Waals surface area contributed by atoms with Crippen molar-refractivity contribution in [3.63, 3.8) is 0 Å². The Bertz CT molecular complexity index is 364. The molecule has 3 N–H and O–H groups in total. The first kappa shape index (κ1) is 30.8. The lowest BCUT2D eigenvalue weighted by Gasteiger charge is -2.36. The number of rotatable bonds is 23. The number of quaternary nitrogens is 1. The largest absolute Gasteiger partial charge is 0.390 e. The van der Waals surface area contributed by atoms with Crippen molar-refractivity contribution in [1.82, 2.24) is 0 Å². The normalized spacial score (nSPS) is 15.9. The Morgan fingerprint density at radius 3 is 1.35 bits per heavy atom. The van der Waals surface area contributed by atoms with Crippen molar-refractivity contribution < 1.29 is 24.8 Å². The molecule has 31 heavy (non-hydrogen) atoms. The van der Waals surface area contributed by atoms with Crippen LogP contribution in [-0.2, 0) is 4.84 Å². The lowest BCUT2D eigenvalue weighted by molar-refractivity contribution is -1.11. The summed E-state index contributed by atoms with van der Waals surface area (Å²) in [6, 6.07) is 0. The highest BCUT2D eigenvalue weighted by Gasteiger charge is 2.32. The van der Waals surface area contributed by atoms with E-state index in [0.29, 0.717) is 26.2 Å². The molecule has 2 unspecified atom stereocenters. The third-order valence-electron chi connectivity index (χ3n) is 5.99. The summed E-state index contributed by atoms with van der Waals surface area (Å²) >= 11 is 0. The molecule has 0 heterocycles. The highest BCUT2D eigenvalue weighted by atomic mass is 16.7. The van der Waals surface area contributed by atoms with Crippen LogP contribution >= 0.6 is 0 Å². The van der Waals surface area contributed by atoms with E-state index >= 15 is 0 Å². The van der Waals surface area contributed by atoms with Crippen LogP contribution in [0.25, 0.3) is 0 Å². The van der Waals surface area contributed by atoms with Gasteiger partial charge in [-0.15, -0.1) is 0 Å². The number of aliphatic hydroxyl groups is 3. The maximum absolute atomic E-state index is 9.81. The van der Waals surface area contributed by atoms with E-state index in [1.165, 1.54) is 77.0 Å². The van der Waals surface area contributed by atoms with Crippen LogP contribution in [-0.4, -0.2) is 65.0 Å². The van der Waals surface area contributed by atoms with Crippen molar-refractivity contribution in [3.05, 3.63) is 0 Å². The summed E-state index contributed by atoms with van der Waals surface area (Å²) in [4.78, 5) is 6.07. The molecule has 2 atom stereocenters. The molecule has 0 saturated carbocycles. The summed E-state index contributed by atoms with van der Waals surface area (Å²) in [6.45, 7) is 9.86. The summed E-state index contributed by atoms with van der Waals surface area (Å²) in [5, 5.41) is 29.0. The van der Waals surface area contributed by atoms with Gasteiger partial charge in [0.25, 0.3) is 0 Å². The van der Waals surface area contributed by atoms with E-state index in [0.717, 1.165) is 18.8 Å². The summed E-state index contributed by atoms with van der Waals surface area (Å²) in [6.07, 6.45) is 17.6. The van der Waals surface area contributed by atoms with Gasteiger partial charge >= 0.3 is 0 Å². The summed E-state index contributed by atoms with van der Waals surface area (Å²) < 4.78 is 0.129. The van der Waals surface area contributed by atoms with Gasteiger partial charge in [-0.25, -0.2) is 4.84 Å². The van der Waals surface area contributed by atoms with E-state index < -0.39 is 12.2 Å². The van der Waals surface area contributed by atoms with Crippen molar-refractivity contribution in [2.75, 3.05) is 32.8 Å². The summed E-state index contributed by atoms with van der Waals surface area (Å²) in [7, 11) is 0. The molecule has 0 amide bonds. The Labute approximate surface area is 193 Å². The molecule has 0 radical (unpaired) electrons. The smallest absolute Gasteiger partial charge is 0.135 e. The Balaban J connectivity index is 3.65. The van der Waals surface area contributed by atoms with Crippen LogP contribution < -0.4 is 0 Å². The SMILES string of the molecule is CC(C)CCCCCCCCCCCCCCCO[N+](CCO)(CC(C)O)CC(C)O. The zero-order chi connectivity index (χ0) is 23.4. The van der Waals surface area contributed by atoms with E-state index in [1.807, 2.05) is 0 Å². The van der Waals surface area contributed by atoms with Gasteiger partial charge in [0.2, 0.25) is 0 Å². The molecule has 0 aliphatic carbocycles. The molecule has 0 fully saturated rings. The lowest BCUT2D eigenvalue weighted by Crippen LogP contribution is -2.56. The topological polar surface area (TPSA) is 69.9 Å². The van der Waals surface area contributed by atoms with E-state index in [9.17, 15) is 15.3 Å². The van der Waals surface area contributed by atoms with Crippen LogP contribution in [0.15, 0.2) is 0 Å². The Morgan fingerprint density at radius 1 is 0.613 bits per heavy atom. The molecular formula is C26H56NO4+. The fraction of sp³-hybridized carbons (Fsp3) is 1.00. The molecule has 0 saturated heterocycles. The zero-order valence-electron chi connectivity index (χ0n) is 21.4. The second-order valence-electron chi connectivity index (χ2n) is 10.2. The standard InChI is InChI=1S/C26H56NO4/c1-24(2)18-16-14-12-10-8-6-5-7-9-11-13-15-17-21-31-27(19-20-28,22-25(3)29)23-26(4)30/h24-26,28-30H,5-23H2,1-4H3/q+1. The average Bonchev–Trinajstić information content (AvgIpc) is 2.66. The molecule has 0 rings (SSSR count). The molecule has 5 nitrogen and oxygen atoms in total. The minimum absolute atomic E-state index is 0.0163. The van der Waals surface area contributed by atoms with Gasteiger partial charge < -0.3 is 15.3 Å². The van der Waals surface area contributed by atoms with Crippen molar-refractivity contribution in [1.29, 1.82) is 0 Å². The van der Waals surface area contributed by atoms with Crippen LogP contribution in [0.3, 0.4) is 0 Å². The van der Waals surface area contributed by atoms with Crippen LogP contribution in [0.2, 0.25) is 0 Å². The van der Waals surface area contributed by atoms with Crippen molar-refractivity contribution in [2.45, 2.75) is 130 Å². The number of nitrogens with zero attached hydrogens (tertiary/aromatic N) is 1. The third kappa shape index (κ3) is 20.2. The molecule has 0 bridgehead atoms. The van der Waals surface area contributed by atoms with Gasteiger partial charge in [-0.1, -0.05) is 97.3 Å². The Kier molecular flexibility index (Phi) is 20.3. The molecule has 5 heteroatoms. The van der Waals surface area contributed by atoms with Crippen LogP contribution in [0.4, 0.5) is 0 Å². The second-order valence-corrected chi connectivity index (χ2v) is 10.2. The number of hydroxylamine groups is 3. The van der Waals surface area contributed by atoms with E-state index in [1.54, 1.807) is 13.8 Å². The summed E-state index contributed by atoms with van der Waals surface area (Å²) in [5.41, 5.74) is 0. The fourth-order valence-corrected chi connectivity index (χ4v) is 4.43. The molecule has 0 aromatic heterocycles. The van der Waals surface area contributed by atoms with Crippen LogP contribution in [0, 0.1) is 5.92 Å². The molecule has 0 aromatic carbocycles. The Hall–Kier alpha value is -0.200. The molecule has 0 aliphatic heterocycles. The van der Waals surface area contributed by atoms with Gasteiger partial charge in [0.1, 0.15) is 38.4 Å².